The summed E-state index contributed by atoms with van der Waals surface area (Å²) in [5, 5.41) is 22.8. The van der Waals surface area contributed by atoms with E-state index in [2.05, 4.69) is 5.32 Å². The molecule has 18 heavy (non-hydrogen) atoms. The summed E-state index contributed by atoms with van der Waals surface area (Å²) in [7, 11) is 1.61. The smallest absolute Gasteiger partial charge is 0.311 e. The highest BCUT2D eigenvalue weighted by Crippen LogP contribution is 2.30. The maximum atomic E-state index is 10.8. The SMILES string of the molecule is CNC(C)(C#N)COc1cc(Cl)ccc1[N+](=O)[O-]. The number of nitrogens with zero attached hydrogens (tertiary/aromatic N) is 2. The van der Waals surface area contributed by atoms with Crippen LogP contribution < -0.4 is 10.1 Å². The van der Waals surface area contributed by atoms with Crippen molar-refractivity contribution in [3.05, 3.63) is 33.3 Å². The molecule has 0 aromatic heterocycles. The van der Waals surface area contributed by atoms with Gasteiger partial charge in [-0.05, 0) is 20.0 Å². The number of nitrogens with one attached hydrogen (secondary N) is 1. The van der Waals surface area contributed by atoms with Crippen molar-refractivity contribution in [2.45, 2.75) is 12.5 Å². The molecule has 0 aliphatic heterocycles. The third-order valence-electron chi connectivity index (χ3n) is 2.43. The van der Waals surface area contributed by atoms with Crippen molar-refractivity contribution < 1.29 is 9.66 Å². The lowest BCUT2D eigenvalue weighted by molar-refractivity contribution is -0.385. The number of benzene rings is 1. The van der Waals surface area contributed by atoms with Crippen molar-refractivity contribution in [3.8, 4) is 11.8 Å². The Morgan fingerprint density at radius 1 is 1.67 bits per heavy atom. The van der Waals surface area contributed by atoms with Gasteiger partial charge in [0.2, 0.25) is 0 Å². The van der Waals surface area contributed by atoms with E-state index in [4.69, 9.17) is 21.6 Å². The molecule has 0 saturated carbocycles. The number of hydrogen-bond donors (Lipinski definition) is 1. The van der Waals surface area contributed by atoms with Crippen LogP contribution in [0.4, 0.5) is 5.69 Å². The minimum absolute atomic E-state index is 0.0266. The standard InChI is InChI=1S/C11H12ClN3O3/c1-11(6-13,14-2)7-18-10-5-8(12)3-4-9(10)15(16)17/h3-5,14H,7H2,1-2H3. The van der Waals surface area contributed by atoms with Gasteiger partial charge in [-0.1, -0.05) is 11.6 Å². The summed E-state index contributed by atoms with van der Waals surface area (Å²) >= 11 is 5.76. The van der Waals surface area contributed by atoms with Crippen molar-refractivity contribution >= 4 is 17.3 Å². The molecule has 96 valence electrons. The Labute approximate surface area is 109 Å². The highest BCUT2D eigenvalue weighted by atomic mass is 35.5. The zero-order chi connectivity index (χ0) is 13.8. The van der Waals surface area contributed by atoms with Gasteiger partial charge in [0.25, 0.3) is 0 Å². The molecule has 1 N–H and O–H groups in total. The summed E-state index contributed by atoms with van der Waals surface area (Å²) in [6.45, 7) is 1.60. The molecule has 1 unspecified atom stereocenters. The Kier molecular flexibility index (Phi) is 4.48. The van der Waals surface area contributed by atoms with Crippen molar-refractivity contribution in [2.24, 2.45) is 0 Å². The number of nitriles is 1. The average Bonchev–Trinajstić information content (AvgIpc) is 2.35. The molecule has 6 nitrogen and oxygen atoms in total. The highest BCUT2D eigenvalue weighted by Gasteiger charge is 2.24. The van der Waals surface area contributed by atoms with Crippen molar-refractivity contribution in [3.63, 3.8) is 0 Å². The molecule has 0 bridgehead atoms. The molecule has 1 aromatic rings. The summed E-state index contributed by atoms with van der Waals surface area (Å²) in [5.41, 5.74) is -1.10. The van der Waals surface area contributed by atoms with Gasteiger partial charge in [0.15, 0.2) is 5.75 Å². The summed E-state index contributed by atoms with van der Waals surface area (Å²) in [4.78, 5) is 10.2. The van der Waals surface area contributed by atoms with Crippen LogP contribution in [0.1, 0.15) is 6.92 Å². The molecule has 0 saturated heterocycles. The molecule has 0 heterocycles. The minimum Gasteiger partial charge on any atom is -0.484 e. The fourth-order valence-electron chi connectivity index (χ4n) is 1.14. The van der Waals surface area contributed by atoms with Crippen LogP contribution in [0, 0.1) is 21.4 Å². The first-order valence-electron chi connectivity index (χ1n) is 5.09. The van der Waals surface area contributed by atoms with Gasteiger partial charge in [-0.15, -0.1) is 0 Å². The Morgan fingerprint density at radius 2 is 2.33 bits per heavy atom. The van der Waals surface area contributed by atoms with Gasteiger partial charge >= 0.3 is 5.69 Å². The molecule has 1 atom stereocenters. The van der Waals surface area contributed by atoms with Crippen LogP contribution in [-0.2, 0) is 0 Å². The second-order valence-corrected chi connectivity index (χ2v) is 4.29. The van der Waals surface area contributed by atoms with E-state index in [1.54, 1.807) is 14.0 Å². The van der Waals surface area contributed by atoms with Crippen LogP contribution in [0.25, 0.3) is 0 Å². The quantitative estimate of drug-likeness (QED) is 0.653. The topological polar surface area (TPSA) is 88.2 Å². The van der Waals surface area contributed by atoms with Crippen LogP contribution in [0.15, 0.2) is 18.2 Å². The minimum atomic E-state index is -0.920. The number of rotatable bonds is 5. The monoisotopic (exact) mass is 269 g/mol. The largest absolute Gasteiger partial charge is 0.484 e. The van der Waals surface area contributed by atoms with Crippen LogP contribution in [0.2, 0.25) is 5.02 Å². The first-order chi connectivity index (χ1) is 8.41. The van der Waals surface area contributed by atoms with Crippen molar-refractivity contribution in [1.29, 1.82) is 5.26 Å². The number of ether oxygens (including phenoxy) is 1. The van der Waals surface area contributed by atoms with E-state index in [1.807, 2.05) is 6.07 Å². The van der Waals surface area contributed by atoms with E-state index in [0.29, 0.717) is 5.02 Å². The second kappa shape index (κ2) is 5.67. The van der Waals surface area contributed by atoms with E-state index < -0.39 is 10.5 Å². The van der Waals surface area contributed by atoms with Crippen LogP contribution in [0.5, 0.6) is 5.75 Å². The number of hydrogen-bond acceptors (Lipinski definition) is 5. The normalized spacial score (nSPS) is 13.4. The zero-order valence-electron chi connectivity index (χ0n) is 9.94. The van der Waals surface area contributed by atoms with Crippen molar-refractivity contribution in [2.75, 3.05) is 13.7 Å². The molecule has 0 aliphatic rings. The summed E-state index contributed by atoms with van der Waals surface area (Å²) < 4.78 is 5.32. The van der Waals surface area contributed by atoms with Crippen LogP contribution >= 0.6 is 11.6 Å². The molecule has 0 radical (unpaired) electrons. The van der Waals surface area contributed by atoms with Gasteiger partial charge in [0.05, 0.1) is 11.0 Å². The molecule has 0 fully saturated rings. The average molecular weight is 270 g/mol. The molecule has 0 amide bonds. The lowest BCUT2D eigenvalue weighted by Gasteiger charge is -2.20. The summed E-state index contributed by atoms with van der Waals surface area (Å²) in [5.74, 6) is 0.0456. The van der Waals surface area contributed by atoms with Crippen LogP contribution in [0.3, 0.4) is 0 Å². The lowest BCUT2D eigenvalue weighted by atomic mass is 10.1. The number of likely N-dealkylation sites (N-methyl/N-ethyl adjacent to an activating group) is 1. The lowest BCUT2D eigenvalue weighted by Crippen LogP contribution is -2.43. The Morgan fingerprint density at radius 3 is 2.83 bits per heavy atom. The zero-order valence-corrected chi connectivity index (χ0v) is 10.7. The Balaban J connectivity index is 2.94. The summed E-state index contributed by atoms with van der Waals surface area (Å²) in [6.07, 6.45) is 0. The highest BCUT2D eigenvalue weighted by molar-refractivity contribution is 6.30. The molecular formula is C11H12ClN3O3. The maximum absolute atomic E-state index is 10.8. The van der Waals surface area contributed by atoms with E-state index >= 15 is 0 Å². The fourth-order valence-corrected chi connectivity index (χ4v) is 1.30. The third-order valence-corrected chi connectivity index (χ3v) is 2.67. The third kappa shape index (κ3) is 3.32. The van der Waals surface area contributed by atoms with E-state index in [0.717, 1.165) is 0 Å². The molecular weight excluding hydrogens is 258 g/mol. The Hall–Kier alpha value is -1.84. The summed E-state index contributed by atoms with van der Waals surface area (Å²) in [6, 6.07) is 6.05. The maximum Gasteiger partial charge on any atom is 0.311 e. The molecule has 0 aliphatic carbocycles. The van der Waals surface area contributed by atoms with Gasteiger partial charge in [-0.25, -0.2) is 0 Å². The van der Waals surface area contributed by atoms with Gasteiger partial charge in [0, 0.05) is 17.2 Å². The Bertz CT molecular complexity index is 501. The first kappa shape index (κ1) is 14.2. The molecule has 7 heteroatoms. The molecule has 0 spiro atoms. The van der Waals surface area contributed by atoms with E-state index in [-0.39, 0.29) is 18.0 Å². The molecule has 1 aromatic carbocycles. The predicted octanol–water partition coefficient (Wildman–Crippen LogP) is 2.13. The van der Waals surface area contributed by atoms with E-state index in [9.17, 15) is 10.1 Å². The second-order valence-electron chi connectivity index (χ2n) is 3.85. The number of nitro benzene ring substituents is 1. The predicted molar refractivity (Wildman–Crippen MR) is 66.7 cm³/mol. The first-order valence-corrected chi connectivity index (χ1v) is 5.46. The van der Waals surface area contributed by atoms with Crippen molar-refractivity contribution in [1.82, 2.24) is 5.32 Å². The number of halogens is 1. The van der Waals surface area contributed by atoms with E-state index in [1.165, 1.54) is 18.2 Å². The molecule has 1 rings (SSSR count). The van der Waals surface area contributed by atoms with Gasteiger partial charge in [-0.3, -0.25) is 15.4 Å². The van der Waals surface area contributed by atoms with Gasteiger partial charge in [-0.2, -0.15) is 5.26 Å². The van der Waals surface area contributed by atoms with Gasteiger partial charge < -0.3 is 4.74 Å². The van der Waals surface area contributed by atoms with Gasteiger partial charge in [0.1, 0.15) is 12.1 Å². The van der Waals surface area contributed by atoms with Crippen LogP contribution in [-0.4, -0.2) is 24.1 Å². The number of nitro groups is 1. The fraction of sp³-hybridized carbons (Fsp3) is 0.364.